The molecule has 1 rings (SSSR count). The first kappa shape index (κ1) is 13.1. The van der Waals surface area contributed by atoms with Crippen molar-refractivity contribution >= 4 is 11.6 Å². The smallest absolute Gasteiger partial charge is 0.252 e. The van der Waals surface area contributed by atoms with Crippen molar-refractivity contribution in [1.82, 2.24) is 4.98 Å². The molecule has 8 heteroatoms. The van der Waals surface area contributed by atoms with Gasteiger partial charge in [0.25, 0.3) is 6.43 Å². The Hall–Kier alpha value is -0.980. The number of aromatic nitrogens is 1. The molecule has 0 spiro atoms. The van der Waals surface area contributed by atoms with Gasteiger partial charge < -0.3 is 0 Å². The molecule has 90 valence electrons. The predicted octanol–water partition coefficient (Wildman–Crippen LogP) is 3.92. The number of hydrogen-bond donors (Lipinski definition) is 0. The van der Waals surface area contributed by atoms with E-state index in [0.717, 1.165) is 0 Å². The first-order valence-corrected chi connectivity index (χ1v) is 4.41. The number of alkyl halides is 6. The summed E-state index contributed by atoms with van der Waals surface area (Å²) in [6.45, 7) is 0. The first-order chi connectivity index (χ1) is 7.29. The van der Waals surface area contributed by atoms with Crippen LogP contribution in [0.4, 0.5) is 26.3 Å². The molecule has 1 aromatic heterocycles. The minimum atomic E-state index is -4.88. The Morgan fingerprint density at radius 3 is 2.25 bits per heavy atom. The summed E-state index contributed by atoms with van der Waals surface area (Å²) in [5.41, 5.74) is -3.78. The van der Waals surface area contributed by atoms with Crippen LogP contribution in [0.2, 0.25) is 0 Å². The molecule has 0 saturated heterocycles. The number of pyridine rings is 1. The van der Waals surface area contributed by atoms with Crippen molar-refractivity contribution in [2.24, 2.45) is 0 Å². The van der Waals surface area contributed by atoms with E-state index < -0.39 is 41.1 Å². The molecule has 0 amide bonds. The zero-order chi connectivity index (χ0) is 12.5. The maximum atomic E-state index is 13.2. The molecular weight excluding hydrogens is 260 g/mol. The van der Waals surface area contributed by atoms with Crippen molar-refractivity contribution in [3.8, 4) is 0 Å². The molecule has 0 unspecified atom stereocenters. The zero-order valence-electron chi connectivity index (χ0n) is 7.45. The fourth-order valence-electron chi connectivity index (χ4n) is 1.07. The van der Waals surface area contributed by atoms with Gasteiger partial charge in [0.1, 0.15) is 5.69 Å². The minimum Gasteiger partial charge on any atom is -0.252 e. The fraction of sp³-hybridized carbons (Fsp3) is 0.375. The van der Waals surface area contributed by atoms with Crippen LogP contribution in [-0.2, 0) is 12.1 Å². The lowest BCUT2D eigenvalue weighted by atomic mass is 10.1. The molecule has 0 atom stereocenters. The van der Waals surface area contributed by atoms with E-state index in [1.165, 1.54) is 0 Å². The van der Waals surface area contributed by atoms with E-state index in [1.807, 2.05) is 0 Å². The zero-order valence-corrected chi connectivity index (χ0v) is 8.21. The fourth-order valence-corrected chi connectivity index (χ4v) is 1.33. The summed E-state index contributed by atoms with van der Waals surface area (Å²) < 4.78 is 74.4. The molecule has 0 N–H and O–H groups in total. The summed E-state index contributed by atoms with van der Waals surface area (Å²) in [5.74, 6) is -2.57. The van der Waals surface area contributed by atoms with Crippen LogP contribution in [0.1, 0.15) is 23.2 Å². The molecule has 0 aromatic carbocycles. The highest BCUT2D eigenvalue weighted by atomic mass is 35.5. The Morgan fingerprint density at radius 1 is 1.31 bits per heavy atom. The average molecular weight is 264 g/mol. The summed E-state index contributed by atoms with van der Waals surface area (Å²) in [4.78, 5) is 2.75. The summed E-state index contributed by atoms with van der Waals surface area (Å²) in [6.07, 6.45) is -8.01. The van der Waals surface area contributed by atoms with Crippen molar-refractivity contribution < 1.29 is 26.3 Å². The summed E-state index contributed by atoms with van der Waals surface area (Å²) in [7, 11) is 0. The Balaban J connectivity index is 3.41. The maximum Gasteiger partial charge on any atom is 0.418 e. The summed E-state index contributed by atoms with van der Waals surface area (Å²) in [6, 6.07) is 0. The van der Waals surface area contributed by atoms with Crippen molar-refractivity contribution in [2.45, 2.75) is 18.5 Å². The van der Waals surface area contributed by atoms with Crippen LogP contribution in [0.15, 0.2) is 6.20 Å². The molecule has 1 aromatic rings. The van der Waals surface area contributed by atoms with Crippen LogP contribution < -0.4 is 0 Å². The molecule has 0 aliphatic carbocycles. The maximum absolute atomic E-state index is 13.2. The SMILES string of the molecule is Fc1c(C(F)F)ncc(C(F)(F)F)c1CCl. The third-order valence-electron chi connectivity index (χ3n) is 1.79. The third-order valence-corrected chi connectivity index (χ3v) is 2.06. The Labute approximate surface area is 91.0 Å². The molecule has 0 saturated carbocycles. The van der Waals surface area contributed by atoms with Gasteiger partial charge in [-0.25, -0.2) is 13.2 Å². The number of halogens is 7. The monoisotopic (exact) mass is 263 g/mol. The average Bonchev–Trinajstić information content (AvgIpc) is 2.15. The highest BCUT2D eigenvalue weighted by Crippen LogP contribution is 2.35. The van der Waals surface area contributed by atoms with E-state index in [9.17, 15) is 26.3 Å². The van der Waals surface area contributed by atoms with Crippen LogP contribution in [0.25, 0.3) is 0 Å². The number of hydrogen-bond acceptors (Lipinski definition) is 1. The van der Waals surface area contributed by atoms with E-state index in [-0.39, 0.29) is 6.20 Å². The van der Waals surface area contributed by atoms with Gasteiger partial charge in [0, 0.05) is 11.8 Å². The van der Waals surface area contributed by atoms with Crippen molar-refractivity contribution in [3.63, 3.8) is 0 Å². The summed E-state index contributed by atoms with van der Waals surface area (Å²) >= 11 is 5.11. The van der Waals surface area contributed by atoms with Gasteiger partial charge in [-0.2, -0.15) is 13.2 Å². The van der Waals surface area contributed by atoms with Gasteiger partial charge in [-0.1, -0.05) is 0 Å². The Morgan fingerprint density at radius 2 is 1.88 bits per heavy atom. The van der Waals surface area contributed by atoms with Gasteiger partial charge in [-0.15, -0.1) is 11.6 Å². The van der Waals surface area contributed by atoms with Crippen LogP contribution >= 0.6 is 11.6 Å². The molecule has 0 aliphatic heterocycles. The Kier molecular flexibility index (Phi) is 3.67. The molecule has 0 fully saturated rings. The third kappa shape index (κ3) is 2.40. The second-order valence-electron chi connectivity index (χ2n) is 2.78. The first-order valence-electron chi connectivity index (χ1n) is 3.87. The van der Waals surface area contributed by atoms with Gasteiger partial charge >= 0.3 is 6.18 Å². The largest absolute Gasteiger partial charge is 0.418 e. The second-order valence-corrected chi connectivity index (χ2v) is 3.05. The van der Waals surface area contributed by atoms with Gasteiger partial charge in [-0.3, -0.25) is 4.98 Å². The van der Waals surface area contributed by atoms with E-state index in [1.54, 1.807) is 0 Å². The Bertz CT molecular complexity index is 389. The normalized spacial score (nSPS) is 12.2. The van der Waals surface area contributed by atoms with Crippen molar-refractivity contribution in [1.29, 1.82) is 0 Å². The standard InChI is InChI=1S/C8H4ClF6N/c9-1-3-4(8(13,14)15)2-16-6(5(3)10)7(11)12/h2,7H,1H2. The van der Waals surface area contributed by atoms with Crippen LogP contribution in [0, 0.1) is 5.82 Å². The van der Waals surface area contributed by atoms with Crippen LogP contribution in [-0.4, -0.2) is 4.98 Å². The van der Waals surface area contributed by atoms with Gasteiger partial charge in [-0.05, 0) is 0 Å². The van der Waals surface area contributed by atoms with Crippen LogP contribution in [0.5, 0.6) is 0 Å². The highest BCUT2D eigenvalue weighted by molar-refractivity contribution is 6.17. The molecule has 16 heavy (non-hydrogen) atoms. The highest BCUT2D eigenvalue weighted by Gasteiger charge is 2.36. The number of rotatable bonds is 2. The lowest BCUT2D eigenvalue weighted by Gasteiger charge is -2.13. The van der Waals surface area contributed by atoms with Gasteiger partial charge in [0.2, 0.25) is 0 Å². The van der Waals surface area contributed by atoms with E-state index >= 15 is 0 Å². The topological polar surface area (TPSA) is 12.9 Å². The van der Waals surface area contributed by atoms with E-state index in [4.69, 9.17) is 11.6 Å². The molecule has 0 aliphatic rings. The van der Waals surface area contributed by atoms with E-state index in [2.05, 4.69) is 4.98 Å². The molecule has 0 radical (unpaired) electrons. The lowest BCUT2D eigenvalue weighted by Crippen LogP contribution is -2.13. The predicted molar refractivity (Wildman–Crippen MR) is 43.7 cm³/mol. The lowest BCUT2D eigenvalue weighted by molar-refractivity contribution is -0.138. The minimum absolute atomic E-state index is 0.155. The van der Waals surface area contributed by atoms with Crippen molar-refractivity contribution in [2.75, 3.05) is 0 Å². The van der Waals surface area contributed by atoms with E-state index in [0.29, 0.717) is 0 Å². The molecule has 1 nitrogen and oxygen atoms in total. The number of nitrogens with zero attached hydrogens (tertiary/aromatic N) is 1. The van der Waals surface area contributed by atoms with Crippen LogP contribution in [0.3, 0.4) is 0 Å². The molecule has 1 heterocycles. The second kappa shape index (κ2) is 4.48. The van der Waals surface area contributed by atoms with Gasteiger partial charge in [0.15, 0.2) is 5.82 Å². The quantitative estimate of drug-likeness (QED) is 0.582. The summed E-state index contributed by atoms with van der Waals surface area (Å²) in [5, 5.41) is 0. The molecular formula is C8H4ClF6N. The van der Waals surface area contributed by atoms with Crippen molar-refractivity contribution in [3.05, 3.63) is 28.8 Å². The molecule has 0 bridgehead atoms. The van der Waals surface area contributed by atoms with Gasteiger partial charge in [0.05, 0.1) is 11.4 Å².